The Kier molecular flexibility index (Phi) is 12.8. The molecule has 0 aromatic rings. The lowest BCUT2D eigenvalue weighted by Gasteiger charge is -2.32. The molecule has 2 aliphatic carbocycles. The molecule has 2 atom stereocenters. The number of aliphatic hydroxyl groups is 2. The van der Waals surface area contributed by atoms with Crippen molar-refractivity contribution >= 4 is 23.9 Å². The highest BCUT2D eigenvalue weighted by Crippen LogP contribution is 2.37. The molecule has 0 amide bonds. The van der Waals surface area contributed by atoms with Gasteiger partial charge in [-0.3, -0.25) is 9.59 Å². The van der Waals surface area contributed by atoms with Gasteiger partial charge >= 0.3 is 23.9 Å². The van der Waals surface area contributed by atoms with Crippen LogP contribution in [0.4, 0.5) is 0 Å². The molecule has 0 aromatic heterocycles. The van der Waals surface area contributed by atoms with Crippen LogP contribution in [0.3, 0.4) is 0 Å². The topological polar surface area (TPSA) is 168 Å². The Morgan fingerprint density at radius 1 is 0.645 bits per heavy atom. The van der Waals surface area contributed by atoms with E-state index in [4.69, 9.17) is 20.4 Å². The van der Waals surface area contributed by atoms with Crippen molar-refractivity contribution in [2.75, 3.05) is 6.79 Å². The first kappa shape index (κ1) is 26.8. The molecule has 2 aliphatic rings. The van der Waals surface area contributed by atoms with Crippen LogP contribution in [0, 0.1) is 11.8 Å². The molecule has 31 heavy (non-hydrogen) atoms. The van der Waals surface area contributed by atoms with Crippen LogP contribution in [-0.2, 0) is 28.7 Å². The first-order valence-electron chi connectivity index (χ1n) is 10.8. The number of rotatable bonds is 9. The number of hydrogen-bond acceptors (Lipinski definition) is 8. The quantitative estimate of drug-likeness (QED) is 0.303. The Bertz CT molecular complexity index is 529. The SMILES string of the molecule is C1CCC(C2CCCCC2)CC1.O=C(O)CC(O)C(=O)OCOC(=O)C(O)CC(=O)O. The summed E-state index contributed by atoms with van der Waals surface area (Å²) in [6, 6.07) is 0. The molecular formula is C21H34O10. The van der Waals surface area contributed by atoms with Crippen molar-refractivity contribution in [1.82, 2.24) is 0 Å². The molecule has 0 aromatic carbocycles. The molecule has 10 heteroatoms. The van der Waals surface area contributed by atoms with Crippen molar-refractivity contribution in [3.63, 3.8) is 0 Å². The molecule has 0 radical (unpaired) electrons. The fourth-order valence-electron chi connectivity index (χ4n) is 4.05. The van der Waals surface area contributed by atoms with Gasteiger partial charge in [0.1, 0.15) is 0 Å². The minimum atomic E-state index is -1.92. The number of carbonyl (C=O) groups is 4. The summed E-state index contributed by atoms with van der Waals surface area (Å²) >= 11 is 0. The average Bonchev–Trinajstić information content (AvgIpc) is 2.74. The highest BCUT2D eigenvalue weighted by Gasteiger charge is 2.25. The smallest absolute Gasteiger partial charge is 0.338 e. The van der Waals surface area contributed by atoms with Gasteiger partial charge in [-0.25, -0.2) is 9.59 Å². The Morgan fingerprint density at radius 3 is 1.26 bits per heavy atom. The zero-order chi connectivity index (χ0) is 23.2. The number of aliphatic carboxylic acids is 2. The number of carbonyl (C=O) groups excluding carboxylic acids is 2. The predicted molar refractivity (Wildman–Crippen MR) is 107 cm³/mol. The van der Waals surface area contributed by atoms with Gasteiger partial charge in [0.25, 0.3) is 0 Å². The zero-order valence-corrected chi connectivity index (χ0v) is 17.7. The summed E-state index contributed by atoms with van der Waals surface area (Å²) in [7, 11) is 0. The van der Waals surface area contributed by atoms with Gasteiger partial charge in [0, 0.05) is 0 Å². The van der Waals surface area contributed by atoms with Crippen LogP contribution in [0.1, 0.15) is 77.0 Å². The van der Waals surface area contributed by atoms with E-state index in [9.17, 15) is 19.2 Å². The number of carboxylic acid groups (broad SMARTS) is 2. The lowest BCUT2D eigenvalue weighted by atomic mass is 9.73. The summed E-state index contributed by atoms with van der Waals surface area (Å²) in [6.45, 7) is -0.981. The third-order valence-electron chi connectivity index (χ3n) is 5.65. The van der Waals surface area contributed by atoms with Crippen LogP contribution in [0.25, 0.3) is 0 Å². The molecule has 0 heterocycles. The molecule has 0 saturated heterocycles. The van der Waals surface area contributed by atoms with Gasteiger partial charge in [0.2, 0.25) is 6.79 Å². The fraction of sp³-hybridized carbons (Fsp3) is 0.810. The Hall–Kier alpha value is -2.20. The molecule has 0 aliphatic heterocycles. The summed E-state index contributed by atoms with van der Waals surface area (Å²) in [4.78, 5) is 42.1. The van der Waals surface area contributed by atoms with E-state index >= 15 is 0 Å². The summed E-state index contributed by atoms with van der Waals surface area (Å²) < 4.78 is 8.35. The molecule has 2 unspecified atom stereocenters. The Morgan fingerprint density at radius 2 is 0.968 bits per heavy atom. The minimum Gasteiger partial charge on any atom is -0.481 e. The average molecular weight is 446 g/mol. The maximum Gasteiger partial charge on any atom is 0.338 e. The molecule has 0 bridgehead atoms. The Labute approximate surface area is 181 Å². The van der Waals surface area contributed by atoms with E-state index in [-0.39, 0.29) is 0 Å². The molecule has 10 nitrogen and oxygen atoms in total. The molecule has 2 saturated carbocycles. The van der Waals surface area contributed by atoms with Crippen molar-refractivity contribution in [2.24, 2.45) is 11.8 Å². The summed E-state index contributed by atoms with van der Waals surface area (Å²) in [6.07, 6.45) is 9.80. The Balaban J connectivity index is 0.000000339. The van der Waals surface area contributed by atoms with Crippen molar-refractivity contribution in [1.29, 1.82) is 0 Å². The fourth-order valence-corrected chi connectivity index (χ4v) is 4.05. The third-order valence-corrected chi connectivity index (χ3v) is 5.65. The molecule has 4 N–H and O–H groups in total. The number of carboxylic acids is 2. The van der Waals surface area contributed by atoms with Gasteiger partial charge in [-0.05, 0) is 11.8 Å². The lowest BCUT2D eigenvalue weighted by molar-refractivity contribution is -0.180. The highest BCUT2D eigenvalue weighted by atomic mass is 16.7. The standard InChI is InChI=1S/C12H22.C9H12O10/c1-3-7-11(8-4-1)12-9-5-2-6-10-12;10-4(1-6(12)13)8(16)18-3-19-9(17)5(11)2-7(14)15/h11-12H,1-10H2;4-5,10-11H,1-3H2,(H,12,13)(H,14,15). The molecule has 2 rings (SSSR count). The van der Waals surface area contributed by atoms with E-state index in [1.807, 2.05) is 0 Å². The van der Waals surface area contributed by atoms with E-state index in [0.29, 0.717) is 0 Å². The van der Waals surface area contributed by atoms with Crippen LogP contribution in [-0.4, -0.2) is 63.3 Å². The van der Waals surface area contributed by atoms with Crippen LogP contribution in [0.15, 0.2) is 0 Å². The number of ether oxygens (including phenoxy) is 2. The van der Waals surface area contributed by atoms with Crippen molar-refractivity contribution in [3.8, 4) is 0 Å². The maximum atomic E-state index is 10.9. The molecular weight excluding hydrogens is 412 g/mol. The zero-order valence-electron chi connectivity index (χ0n) is 17.7. The first-order chi connectivity index (χ1) is 14.7. The molecule has 178 valence electrons. The summed E-state index contributed by atoms with van der Waals surface area (Å²) in [5.74, 6) is -3.25. The summed E-state index contributed by atoms with van der Waals surface area (Å²) in [5, 5.41) is 34.4. The van der Waals surface area contributed by atoms with Gasteiger partial charge in [0.15, 0.2) is 12.2 Å². The van der Waals surface area contributed by atoms with Crippen molar-refractivity contribution in [2.45, 2.75) is 89.3 Å². The van der Waals surface area contributed by atoms with Gasteiger partial charge < -0.3 is 29.9 Å². The van der Waals surface area contributed by atoms with Crippen LogP contribution in [0.2, 0.25) is 0 Å². The third kappa shape index (κ3) is 11.7. The summed E-state index contributed by atoms with van der Waals surface area (Å²) in [5.41, 5.74) is 0. The lowest BCUT2D eigenvalue weighted by Crippen LogP contribution is -2.30. The van der Waals surface area contributed by atoms with E-state index in [2.05, 4.69) is 9.47 Å². The second kappa shape index (κ2) is 14.7. The maximum absolute atomic E-state index is 10.9. The number of aliphatic hydroxyl groups excluding tert-OH is 2. The number of hydrogen-bond donors (Lipinski definition) is 4. The second-order valence-corrected chi connectivity index (χ2v) is 8.07. The van der Waals surface area contributed by atoms with Crippen molar-refractivity contribution in [3.05, 3.63) is 0 Å². The normalized spacial score (nSPS) is 19.3. The van der Waals surface area contributed by atoms with Gasteiger partial charge in [0.05, 0.1) is 12.8 Å². The monoisotopic (exact) mass is 446 g/mol. The van der Waals surface area contributed by atoms with Crippen LogP contribution < -0.4 is 0 Å². The largest absolute Gasteiger partial charge is 0.481 e. The van der Waals surface area contributed by atoms with E-state index < -0.39 is 55.7 Å². The van der Waals surface area contributed by atoms with E-state index in [1.54, 1.807) is 25.7 Å². The predicted octanol–water partition coefficient (Wildman–Crippen LogP) is 1.85. The van der Waals surface area contributed by atoms with Crippen molar-refractivity contribution < 1.29 is 49.1 Å². The molecule has 2 fully saturated rings. The van der Waals surface area contributed by atoms with Crippen LogP contribution in [0.5, 0.6) is 0 Å². The highest BCUT2D eigenvalue weighted by molar-refractivity contribution is 5.82. The second-order valence-electron chi connectivity index (χ2n) is 8.07. The van der Waals surface area contributed by atoms with E-state index in [1.165, 1.54) is 38.5 Å². The number of esters is 2. The van der Waals surface area contributed by atoms with Gasteiger partial charge in [-0.2, -0.15) is 0 Å². The molecule has 0 spiro atoms. The minimum absolute atomic E-state index is 0.881. The first-order valence-corrected chi connectivity index (χ1v) is 10.8. The van der Waals surface area contributed by atoms with Gasteiger partial charge in [-0.15, -0.1) is 0 Å². The van der Waals surface area contributed by atoms with E-state index in [0.717, 1.165) is 11.8 Å². The van der Waals surface area contributed by atoms with Crippen LogP contribution >= 0.6 is 0 Å². The van der Waals surface area contributed by atoms with Gasteiger partial charge in [-0.1, -0.05) is 64.2 Å².